The topological polar surface area (TPSA) is 41.6 Å². The molecule has 0 bridgehead atoms. The second kappa shape index (κ2) is 7.97. The van der Waals surface area contributed by atoms with Crippen molar-refractivity contribution in [1.82, 2.24) is 10.2 Å². The van der Waals surface area contributed by atoms with Crippen LogP contribution in [0.4, 0.5) is 0 Å². The fourth-order valence-electron chi connectivity index (χ4n) is 2.97. The summed E-state index contributed by atoms with van der Waals surface area (Å²) in [6.07, 6.45) is 2.18. The van der Waals surface area contributed by atoms with E-state index in [1.165, 1.54) is 0 Å². The summed E-state index contributed by atoms with van der Waals surface area (Å²) < 4.78 is 5.77. The molecule has 126 valence electrons. The van der Waals surface area contributed by atoms with E-state index in [0.717, 1.165) is 37.2 Å². The fraction of sp³-hybridized carbons (Fsp3) is 0.350. The van der Waals surface area contributed by atoms with Crippen LogP contribution in [0.1, 0.15) is 28.8 Å². The van der Waals surface area contributed by atoms with Crippen molar-refractivity contribution >= 4 is 5.91 Å². The number of benzene rings is 2. The SMILES string of the molecule is CN(C(=O)c1ccc(OCc2ccccc2)cc1)[C@H]1CCCNC1. The molecule has 1 amide bonds. The highest BCUT2D eigenvalue weighted by Crippen LogP contribution is 2.17. The summed E-state index contributed by atoms with van der Waals surface area (Å²) in [5.41, 5.74) is 1.83. The van der Waals surface area contributed by atoms with Crippen molar-refractivity contribution in [2.75, 3.05) is 20.1 Å². The first-order valence-electron chi connectivity index (χ1n) is 8.49. The van der Waals surface area contributed by atoms with Crippen molar-refractivity contribution in [2.24, 2.45) is 0 Å². The second-order valence-corrected chi connectivity index (χ2v) is 6.21. The van der Waals surface area contributed by atoms with Crippen molar-refractivity contribution in [1.29, 1.82) is 0 Å². The highest BCUT2D eigenvalue weighted by atomic mass is 16.5. The van der Waals surface area contributed by atoms with Gasteiger partial charge in [-0.1, -0.05) is 30.3 Å². The zero-order valence-electron chi connectivity index (χ0n) is 14.1. The van der Waals surface area contributed by atoms with Gasteiger partial charge < -0.3 is 15.0 Å². The molecule has 0 aromatic heterocycles. The lowest BCUT2D eigenvalue weighted by atomic mass is 10.1. The summed E-state index contributed by atoms with van der Waals surface area (Å²) in [5.74, 6) is 0.843. The van der Waals surface area contributed by atoms with Crippen LogP contribution in [-0.4, -0.2) is 37.0 Å². The predicted octanol–water partition coefficient (Wildman–Crippen LogP) is 3.09. The van der Waals surface area contributed by atoms with Gasteiger partial charge in [0.1, 0.15) is 12.4 Å². The van der Waals surface area contributed by atoms with E-state index in [1.54, 1.807) is 0 Å². The van der Waals surface area contributed by atoms with Crippen LogP contribution < -0.4 is 10.1 Å². The molecule has 24 heavy (non-hydrogen) atoms. The first-order chi connectivity index (χ1) is 11.7. The van der Waals surface area contributed by atoms with E-state index < -0.39 is 0 Å². The molecule has 3 rings (SSSR count). The van der Waals surface area contributed by atoms with Crippen LogP contribution in [0, 0.1) is 0 Å². The van der Waals surface area contributed by atoms with Crippen LogP contribution in [0.5, 0.6) is 5.75 Å². The lowest BCUT2D eigenvalue weighted by molar-refractivity contribution is 0.0708. The number of hydrogen-bond acceptors (Lipinski definition) is 3. The van der Waals surface area contributed by atoms with Gasteiger partial charge in [0.2, 0.25) is 0 Å². The maximum atomic E-state index is 12.6. The number of ether oxygens (including phenoxy) is 1. The summed E-state index contributed by atoms with van der Waals surface area (Å²) in [6, 6.07) is 17.7. The van der Waals surface area contributed by atoms with Gasteiger partial charge in [-0.3, -0.25) is 4.79 Å². The molecule has 1 saturated heterocycles. The van der Waals surface area contributed by atoms with Crippen molar-refractivity contribution < 1.29 is 9.53 Å². The van der Waals surface area contributed by atoms with Gasteiger partial charge >= 0.3 is 0 Å². The van der Waals surface area contributed by atoms with Crippen molar-refractivity contribution in [3.05, 3.63) is 65.7 Å². The summed E-state index contributed by atoms with van der Waals surface area (Å²) in [4.78, 5) is 14.4. The Kier molecular flexibility index (Phi) is 5.49. The van der Waals surface area contributed by atoms with E-state index in [1.807, 2.05) is 66.5 Å². The van der Waals surface area contributed by atoms with Crippen LogP contribution in [0.15, 0.2) is 54.6 Å². The molecule has 1 atom stereocenters. The van der Waals surface area contributed by atoms with Gasteiger partial charge in [0.15, 0.2) is 0 Å². The molecule has 4 nitrogen and oxygen atoms in total. The summed E-state index contributed by atoms with van der Waals surface area (Å²) in [6.45, 7) is 2.45. The Morgan fingerprint density at radius 2 is 1.92 bits per heavy atom. The molecule has 1 heterocycles. The average Bonchev–Trinajstić information content (AvgIpc) is 2.67. The van der Waals surface area contributed by atoms with Crippen molar-refractivity contribution in [3.63, 3.8) is 0 Å². The normalized spacial score (nSPS) is 17.3. The molecule has 1 N–H and O–H groups in total. The molecule has 0 radical (unpaired) electrons. The number of rotatable bonds is 5. The van der Waals surface area contributed by atoms with Gasteiger partial charge in [0.05, 0.1) is 0 Å². The zero-order chi connectivity index (χ0) is 16.8. The van der Waals surface area contributed by atoms with Crippen LogP contribution in [0.25, 0.3) is 0 Å². The number of nitrogens with zero attached hydrogens (tertiary/aromatic N) is 1. The molecular weight excluding hydrogens is 300 g/mol. The molecule has 4 heteroatoms. The van der Waals surface area contributed by atoms with E-state index in [9.17, 15) is 4.79 Å². The molecule has 1 fully saturated rings. The molecule has 0 aliphatic carbocycles. The average molecular weight is 324 g/mol. The molecule has 2 aromatic rings. The van der Waals surface area contributed by atoms with Crippen molar-refractivity contribution in [3.8, 4) is 5.75 Å². The van der Waals surface area contributed by atoms with E-state index >= 15 is 0 Å². The van der Waals surface area contributed by atoms with E-state index in [0.29, 0.717) is 12.2 Å². The maximum absolute atomic E-state index is 12.6. The van der Waals surface area contributed by atoms with Crippen LogP contribution >= 0.6 is 0 Å². The Balaban J connectivity index is 1.58. The minimum Gasteiger partial charge on any atom is -0.489 e. The first-order valence-corrected chi connectivity index (χ1v) is 8.49. The lowest BCUT2D eigenvalue weighted by Gasteiger charge is -2.31. The molecule has 1 aliphatic heterocycles. The van der Waals surface area contributed by atoms with Gasteiger partial charge in [0.25, 0.3) is 5.91 Å². The monoisotopic (exact) mass is 324 g/mol. The Morgan fingerprint density at radius 3 is 2.58 bits per heavy atom. The lowest BCUT2D eigenvalue weighted by Crippen LogP contribution is -2.46. The number of hydrogen-bond donors (Lipinski definition) is 1. The smallest absolute Gasteiger partial charge is 0.253 e. The highest BCUT2D eigenvalue weighted by Gasteiger charge is 2.22. The molecule has 2 aromatic carbocycles. The molecule has 0 spiro atoms. The molecular formula is C20H24N2O2. The molecule has 0 unspecified atom stereocenters. The third-order valence-electron chi connectivity index (χ3n) is 4.49. The zero-order valence-corrected chi connectivity index (χ0v) is 14.1. The van der Waals surface area contributed by atoms with E-state index in [-0.39, 0.29) is 11.9 Å². The highest BCUT2D eigenvalue weighted by molar-refractivity contribution is 5.94. The largest absolute Gasteiger partial charge is 0.489 e. The summed E-state index contributed by atoms with van der Waals surface area (Å²) in [5, 5.41) is 3.35. The third kappa shape index (κ3) is 4.15. The third-order valence-corrected chi connectivity index (χ3v) is 4.49. The van der Waals surface area contributed by atoms with Gasteiger partial charge in [-0.2, -0.15) is 0 Å². The Labute approximate surface area is 143 Å². The van der Waals surface area contributed by atoms with Gasteiger partial charge in [-0.05, 0) is 49.2 Å². The van der Waals surface area contributed by atoms with Crippen LogP contribution in [0.2, 0.25) is 0 Å². The Bertz CT molecular complexity index is 649. The Morgan fingerprint density at radius 1 is 1.17 bits per heavy atom. The predicted molar refractivity (Wildman–Crippen MR) is 95.2 cm³/mol. The van der Waals surface area contributed by atoms with Gasteiger partial charge in [-0.15, -0.1) is 0 Å². The van der Waals surface area contributed by atoms with Crippen LogP contribution in [-0.2, 0) is 6.61 Å². The minimum atomic E-state index is 0.0679. The quantitative estimate of drug-likeness (QED) is 0.919. The van der Waals surface area contributed by atoms with Gasteiger partial charge in [0, 0.05) is 25.2 Å². The Hall–Kier alpha value is -2.33. The van der Waals surface area contributed by atoms with E-state index in [4.69, 9.17) is 4.74 Å². The van der Waals surface area contributed by atoms with Crippen molar-refractivity contribution in [2.45, 2.75) is 25.5 Å². The number of carbonyl (C=O) groups is 1. The maximum Gasteiger partial charge on any atom is 0.253 e. The fourth-order valence-corrected chi connectivity index (χ4v) is 2.97. The summed E-state index contributed by atoms with van der Waals surface area (Å²) >= 11 is 0. The second-order valence-electron chi connectivity index (χ2n) is 6.21. The van der Waals surface area contributed by atoms with Crippen LogP contribution in [0.3, 0.4) is 0 Å². The molecule has 1 aliphatic rings. The first kappa shape index (κ1) is 16.5. The number of likely N-dealkylation sites (N-methyl/N-ethyl adjacent to an activating group) is 1. The number of piperidine rings is 1. The summed E-state index contributed by atoms with van der Waals surface area (Å²) in [7, 11) is 1.89. The minimum absolute atomic E-state index is 0.0679. The van der Waals surface area contributed by atoms with E-state index in [2.05, 4.69) is 5.32 Å². The molecule has 0 saturated carbocycles. The van der Waals surface area contributed by atoms with Gasteiger partial charge in [-0.25, -0.2) is 0 Å². The number of carbonyl (C=O) groups excluding carboxylic acids is 1. The number of nitrogens with one attached hydrogen (secondary N) is 1. The standard InChI is InChI=1S/C20H24N2O2/c1-22(18-8-5-13-21-14-18)20(23)17-9-11-19(12-10-17)24-15-16-6-3-2-4-7-16/h2-4,6-7,9-12,18,21H,5,8,13-15H2,1H3/t18-/m0/s1. The number of amides is 1.